The van der Waals surface area contributed by atoms with Crippen LogP contribution in [0.25, 0.3) is 11.2 Å². The highest BCUT2D eigenvalue weighted by Crippen LogP contribution is 2.10. The van der Waals surface area contributed by atoms with E-state index in [1.54, 1.807) is 13.0 Å². The maximum absolute atomic E-state index is 5.22. The first kappa shape index (κ1) is 6.54. The number of fused-ring (bicyclic) bond motifs is 1. The highest BCUT2D eigenvalue weighted by molar-refractivity contribution is 7.71. The molecule has 0 aliphatic carbocycles. The van der Waals surface area contributed by atoms with Crippen molar-refractivity contribution < 1.29 is 4.42 Å². The van der Waals surface area contributed by atoms with Gasteiger partial charge in [0.1, 0.15) is 10.2 Å². The van der Waals surface area contributed by atoms with Gasteiger partial charge in [-0.15, -0.1) is 0 Å². The summed E-state index contributed by atoms with van der Waals surface area (Å²) in [5.74, 6) is 0.650. The van der Waals surface area contributed by atoms with E-state index in [0.29, 0.717) is 16.2 Å². The third-order valence-electron chi connectivity index (χ3n) is 1.39. The van der Waals surface area contributed by atoms with Gasteiger partial charge in [-0.05, 0) is 12.1 Å². The predicted molar refractivity (Wildman–Crippen MR) is 43.9 cm³/mol. The summed E-state index contributed by atoms with van der Waals surface area (Å²) in [4.78, 5) is 7.01. The number of aromatic nitrogens is 2. The fourth-order valence-corrected chi connectivity index (χ4v) is 1.11. The summed E-state index contributed by atoms with van der Waals surface area (Å²) in [7, 11) is 0. The molecule has 0 unspecified atom stereocenters. The first-order chi connectivity index (χ1) is 5.25. The van der Waals surface area contributed by atoms with Crippen LogP contribution in [0.1, 0.15) is 5.89 Å². The molecule has 0 saturated carbocycles. The summed E-state index contributed by atoms with van der Waals surface area (Å²) in [6.45, 7) is 1.80. The molecule has 1 N–H and O–H groups in total. The topological polar surface area (TPSA) is 41.8 Å². The Hall–Kier alpha value is -1.16. The van der Waals surface area contributed by atoms with E-state index in [1.165, 1.54) is 0 Å². The lowest BCUT2D eigenvalue weighted by atomic mass is 10.4. The van der Waals surface area contributed by atoms with Gasteiger partial charge >= 0.3 is 0 Å². The van der Waals surface area contributed by atoms with Gasteiger partial charge in [0.25, 0.3) is 0 Å². The van der Waals surface area contributed by atoms with Gasteiger partial charge in [-0.1, -0.05) is 12.2 Å². The van der Waals surface area contributed by atoms with Crippen LogP contribution in [-0.2, 0) is 0 Å². The highest BCUT2D eigenvalue weighted by Gasteiger charge is 1.99. The first-order valence-electron chi connectivity index (χ1n) is 3.22. The van der Waals surface area contributed by atoms with Crippen molar-refractivity contribution in [3.05, 3.63) is 22.7 Å². The Morgan fingerprint density at radius 2 is 2.36 bits per heavy atom. The van der Waals surface area contributed by atoms with Crippen LogP contribution in [0, 0.1) is 11.6 Å². The number of hydrogen-bond donors (Lipinski definition) is 1. The fraction of sp³-hybridized carbons (Fsp3) is 0.143. The van der Waals surface area contributed by atoms with Crippen molar-refractivity contribution in [2.75, 3.05) is 0 Å². The number of nitrogens with zero attached hydrogens (tertiary/aromatic N) is 1. The molecule has 0 aliphatic rings. The Kier molecular flexibility index (Phi) is 1.29. The van der Waals surface area contributed by atoms with Crippen molar-refractivity contribution in [1.82, 2.24) is 9.97 Å². The second kappa shape index (κ2) is 2.17. The lowest BCUT2D eigenvalue weighted by Gasteiger charge is -1.83. The standard InChI is InChI=1S/C7H6N2OS/c1-4-8-5-2-3-6(11)9-7(5)10-4/h2-3H,1H3,(H,9,11). The van der Waals surface area contributed by atoms with Gasteiger partial charge in [-0.2, -0.15) is 0 Å². The van der Waals surface area contributed by atoms with Crippen LogP contribution in [0.5, 0.6) is 0 Å². The van der Waals surface area contributed by atoms with Crippen LogP contribution < -0.4 is 0 Å². The van der Waals surface area contributed by atoms with Gasteiger partial charge in [0.05, 0.1) is 0 Å². The number of rotatable bonds is 0. The van der Waals surface area contributed by atoms with Gasteiger partial charge in [0.15, 0.2) is 5.89 Å². The molecule has 4 heteroatoms. The zero-order chi connectivity index (χ0) is 7.84. The maximum atomic E-state index is 5.22. The first-order valence-corrected chi connectivity index (χ1v) is 3.63. The number of nitrogens with one attached hydrogen (secondary N) is 1. The van der Waals surface area contributed by atoms with E-state index in [9.17, 15) is 0 Å². The molecule has 2 aromatic heterocycles. The smallest absolute Gasteiger partial charge is 0.226 e. The Balaban J connectivity index is 2.92. The molecule has 0 amide bonds. The van der Waals surface area contributed by atoms with E-state index in [1.807, 2.05) is 6.07 Å². The summed E-state index contributed by atoms with van der Waals surface area (Å²) < 4.78 is 5.88. The highest BCUT2D eigenvalue weighted by atomic mass is 32.1. The zero-order valence-electron chi connectivity index (χ0n) is 5.92. The summed E-state index contributed by atoms with van der Waals surface area (Å²) in [6.07, 6.45) is 0. The third kappa shape index (κ3) is 1.05. The average Bonchev–Trinajstić information content (AvgIpc) is 2.27. The van der Waals surface area contributed by atoms with E-state index in [4.69, 9.17) is 16.6 Å². The van der Waals surface area contributed by atoms with Crippen LogP contribution >= 0.6 is 12.2 Å². The largest absolute Gasteiger partial charge is 0.425 e. The predicted octanol–water partition coefficient (Wildman–Crippen LogP) is 2.19. The molecular formula is C7H6N2OS. The number of aromatic amines is 1. The lowest BCUT2D eigenvalue weighted by molar-refractivity contribution is 0.551. The van der Waals surface area contributed by atoms with Crippen molar-refractivity contribution in [1.29, 1.82) is 0 Å². The van der Waals surface area contributed by atoms with Crippen LogP contribution in [0.2, 0.25) is 0 Å². The molecule has 3 nitrogen and oxygen atoms in total. The molecule has 0 spiro atoms. The van der Waals surface area contributed by atoms with Crippen LogP contribution in [0.15, 0.2) is 16.5 Å². The molecule has 2 rings (SSSR count). The van der Waals surface area contributed by atoms with Crippen molar-refractivity contribution in [3.8, 4) is 0 Å². The maximum Gasteiger partial charge on any atom is 0.226 e. The summed E-state index contributed by atoms with van der Waals surface area (Å²) in [6, 6.07) is 3.63. The summed E-state index contributed by atoms with van der Waals surface area (Å²) in [5.41, 5.74) is 1.46. The minimum atomic E-state index is 0.648. The van der Waals surface area contributed by atoms with Gasteiger partial charge < -0.3 is 9.40 Å². The minimum Gasteiger partial charge on any atom is -0.425 e. The van der Waals surface area contributed by atoms with E-state index in [2.05, 4.69) is 9.97 Å². The monoisotopic (exact) mass is 166 g/mol. The van der Waals surface area contributed by atoms with Crippen molar-refractivity contribution >= 4 is 23.4 Å². The van der Waals surface area contributed by atoms with Crippen molar-refractivity contribution in [2.45, 2.75) is 6.92 Å². The molecule has 0 aliphatic heterocycles. The van der Waals surface area contributed by atoms with Crippen LogP contribution in [-0.4, -0.2) is 9.97 Å². The number of H-pyrrole nitrogens is 1. The van der Waals surface area contributed by atoms with E-state index < -0.39 is 0 Å². The molecule has 2 heterocycles. The Bertz CT molecular complexity index is 443. The van der Waals surface area contributed by atoms with Gasteiger partial charge in [-0.3, -0.25) is 0 Å². The molecule has 56 valence electrons. The SMILES string of the molecule is Cc1nc2ccc(=S)[nH]c2o1. The van der Waals surface area contributed by atoms with E-state index in [-0.39, 0.29) is 0 Å². The normalized spacial score (nSPS) is 10.6. The fourth-order valence-electron chi connectivity index (χ4n) is 0.954. The van der Waals surface area contributed by atoms with E-state index in [0.717, 1.165) is 5.52 Å². The second-order valence-corrected chi connectivity index (χ2v) is 2.71. The van der Waals surface area contributed by atoms with Gasteiger partial charge in [-0.25, -0.2) is 4.98 Å². The van der Waals surface area contributed by atoms with Gasteiger partial charge in [0, 0.05) is 6.92 Å². The zero-order valence-corrected chi connectivity index (χ0v) is 6.73. The number of aryl methyl sites for hydroxylation is 1. The number of hydrogen-bond acceptors (Lipinski definition) is 3. The Labute approximate surface area is 68.1 Å². The summed E-state index contributed by atoms with van der Waals surface area (Å²) in [5, 5.41) is 0. The Morgan fingerprint density at radius 1 is 1.55 bits per heavy atom. The molecule has 0 bridgehead atoms. The Morgan fingerprint density at radius 3 is 3.18 bits per heavy atom. The van der Waals surface area contributed by atoms with Crippen molar-refractivity contribution in [3.63, 3.8) is 0 Å². The lowest BCUT2D eigenvalue weighted by Crippen LogP contribution is -1.73. The number of pyridine rings is 1. The van der Waals surface area contributed by atoms with Crippen LogP contribution in [0.4, 0.5) is 0 Å². The summed E-state index contributed by atoms with van der Waals surface area (Å²) >= 11 is 4.91. The molecule has 0 aromatic carbocycles. The van der Waals surface area contributed by atoms with Crippen LogP contribution in [0.3, 0.4) is 0 Å². The van der Waals surface area contributed by atoms with E-state index >= 15 is 0 Å². The molecule has 0 saturated heterocycles. The molecular weight excluding hydrogens is 160 g/mol. The molecule has 0 radical (unpaired) electrons. The molecule has 0 atom stereocenters. The second-order valence-electron chi connectivity index (χ2n) is 2.27. The minimum absolute atomic E-state index is 0.648. The third-order valence-corrected chi connectivity index (χ3v) is 1.63. The molecule has 0 fully saturated rings. The van der Waals surface area contributed by atoms with Crippen molar-refractivity contribution in [2.24, 2.45) is 0 Å². The van der Waals surface area contributed by atoms with Gasteiger partial charge in [0.2, 0.25) is 5.71 Å². The number of oxazole rings is 1. The molecule has 11 heavy (non-hydrogen) atoms. The average molecular weight is 166 g/mol. The quantitative estimate of drug-likeness (QED) is 0.610. The molecule has 2 aromatic rings.